The third-order valence-corrected chi connectivity index (χ3v) is 3.28. The van der Waals surface area contributed by atoms with Crippen LogP contribution in [0, 0.1) is 6.92 Å². The Bertz CT molecular complexity index is 804. The molecule has 3 nitrogen and oxygen atoms in total. The van der Waals surface area contributed by atoms with E-state index >= 15 is 0 Å². The first-order valence-corrected chi connectivity index (χ1v) is 6.34. The maximum Gasteiger partial charge on any atom is 0.335 e. The number of hydrogen-bond donors (Lipinski definition) is 1. The van der Waals surface area contributed by atoms with E-state index in [1.165, 1.54) is 0 Å². The molecular weight excluding hydrogens is 250 g/mol. The molecule has 3 aromatic rings. The average Bonchev–Trinajstić information content (AvgIpc) is 2.46. The molecule has 0 amide bonds. The largest absolute Gasteiger partial charge is 0.478 e. The number of pyridine rings is 1. The van der Waals surface area contributed by atoms with Crippen molar-refractivity contribution < 1.29 is 9.90 Å². The molecule has 0 radical (unpaired) electrons. The molecule has 0 spiro atoms. The maximum atomic E-state index is 11.2. The first kappa shape index (κ1) is 12.4. The van der Waals surface area contributed by atoms with Crippen LogP contribution in [0.25, 0.3) is 22.0 Å². The molecule has 1 heterocycles. The van der Waals surface area contributed by atoms with Crippen LogP contribution in [0.2, 0.25) is 0 Å². The van der Waals surface area contributed by atoms with Gasteiger partial charge in [-0.25, -0.2) is 4.79 Å². The van der Waals surface area contributed by atoms with Crippen molar-refractivity contribution in [2.24, 2.45) is 0 Å². The van der Waals surface area contributed by atoms with E-state index in [1.807, 2.05) is 43.3 Å². The Hall–Kier alpha value is -2.68. The van der Waals surface area contributed by atoms with Gasteiger partial charge in [-0.3, -0.25) is 4.98 Å². The second-order valence-electron chi connectivity index (χ2n) is 4.77. The van der Waals surface area contributed by atoms with Gasteiger partial charge in [-0.05, 0) is 47.9 Å². The normalized spacial score (nSPS) is 10.7. The lowest BCUT2D eigenvalue weighted by atomic mass is 9.97. The van der Waals surface area contributed by atoms with E-state index in [9.17, 15) is 9.90 Å². The van der Waals surface area contributed by atoms with Crippen molar-refractivity contribution in [1.82, 2.24) is 4.98 Å². The van der Waals surface area contributed by atoms with Gasteiger partial charge in [-0.15, -0.1) is 0 Å². The Morgan fingerprint density at radius 3 is 2.75 bits per heavy atom. The molecule has 0 fully saturated rings. The number of benzene rings is 2. The van der Waals surface area contributed by atoms with E-state index < -0.39 is 5.97 Å². The Labute approximate surface area is 116 Å². The summed E-state index contributed by atoms with van der Waals surface area (Å²) in [7, 11) is 0. The summed E-state index contributed by atoms with van der Waals surface area (Å²) < 4.78 is 0. The van der Waals surface area contributed by atoms with Gasteiger partial charge in [-0.2, -0.15) is 0 Å². The number of carboxylic acids is 1. The highest BCUT2D eigenvalue weighted by Crippen LogP contribution is 2.29. The molecule has 0 saturated carbocycles. The minimum absolute atomic E-state index is 0.306. The fourth-order valence-electron chi connectivity index (χ4n) is 2.42. The van der Waals surface area contributed by atoms with Gasteiger partial charge < -0.3 is 5.11 Å². The van der Waals surface area contributed by atoms with Crippen molar-refractivity contribution in [1.29, 1.82) is 0 Å². The van der Waals surface area contributed by atoms with Gasteiger partial charge in [0.2, 0.25) is 0 Å². The van der Waals surface area contributed by atoms with E-state index in [4.69, 9.17) is 0 Å². The minimum Gasteiger partial charge on any atom is -0.478 e. The molecule has 1 aromatic heterocycles. The van der Waals surface area contributed by atoms with Crippen LogP contribution in [0.5, 0.6) is 0 Å². The summed E-state index contributed by atoms with van der Waals surface area (Å²) in [5.41, 5.74) is 4.05. The number of hydrogen-bond acceptors (Lipinski definition) is 2. The average molecular weight is 263 g/mol. The number of nitrogens with zero attached hydrogens (tertiary/aromatic N) is 1. The van der Waals surface area contributed by atoms with Crippen LogP contribution in [0.4, 0.5) is 0 Å². The Morgan fingerprint density at radius 2 is 1.95 bits per heavy atom. The monoisotopic (exact) mass is 263 g/mol. The number of carboxylic acid groups (broad SMARTS) is 1. The molecule has 0 saturated heterocycles. The Morgan fingerprint density at radius 1 is 1.10 bits per heavy atom. The zero-order valence-corrected chi connectivity index (χ0v) is 11.0. The molecule has 2 aromatic carbocycles. The van der Waals surface area contributed by atoms with Crippen LogP contribution < -0.4 is 0 Å². The number of aromatic nitrogens is 1. The summed E-state index contributed by atoms with van der Waals surface area (Å²) in [5, 5.41) is 10.2. The summed E-state index contributed by atoms with van der Waals surface area (Å²) in [6.45, 7) is 1.90. The van der Waals surface area contributed by atoms with Gasteiger partial charge in [0, 0.05) is 11.6 Å². The molecule has 0 aliphatic rings. The molecule has 0 atom stereocenters. The first-order valence-electron chi connectivity index (χ1n) is 6.34. The molecule has 20 heavy (non-hydrogen) atoms. The smallest absolute Gasteiger partial charge is 0.335 e. The Balaban J connectivity index is 2.28. The van der Waals surface area contributed by atoms with Gasteiger partial charge >= 0.3 is 5.97 Å². The van der Waals surface area contributed by atoms with Crippen molar-refractivity contribution in [2.75, 3.05) is 0 Å². The van der Waals surface area contributed by atoms with E-state index in [2.05, 4.69) is 4.98 Å². The maximum absolute atomic E-state index is 11.2. The number of rotatable bonds is 2. The van der Waals surface area contributed by atoms with Gasteiger partial charge in [0.1, 0.15) is 0 Å². The number of carbonyl (C=O) groups is 1. The van der Waals surface area contributed by atoms with Gasteiger partial charge in [0.25, 0.3) is 0 Å². The molecule has 3 rings (SSSR count). The van der Waals surface area contributed by atoms with Gasteiger partial charge in [0.15, 0.2) is 0 Å². The fraction of sp³-hybridized carbons (Fsp3) is 0.0588. The zero-order chi connectivity index (χ0) is 14.1. The van der Waals surface area contributed by atoms with Crippen molar-refractivity contribution >= 4 is 16.9 Å². The molecule has 0 aliphatic heterocycles. The summed E-state index contributed by atoms with van der Waals surface area (Å²) in [4.78, 5) is 15.5. The second-order valence-corrected chi connectivity index (χ2v) is 4.77. The number of fused-ring (bicyclic) bond motifs is 1. The highest BCUT2D eigenvalue weighted by Gasteiger charge is 2.09. The zero-order valence-electron chi connectivity index (χ0n) is 11.0. The lowest BCUT2D eigenvalue weighted by Gasteiger charge is -2.08. The van der Waals surface area contributed by atoms with Crippen LogP contribution in [0.3, 0.4) is 0 Å². The van der Waals surface area contributed by atoms with Crippen LogP contribution in [0.15, 0.2) is 54.7 Å². The molecule has 0 aliphatic carbocycles. The standard InChI is InChI=1S/C17H13NO2/c1-11-8-12(10-13(9-11)17(19)20)14-4-2-6-16-15(14)5-3-7-18-16/h2-10H,1H3,(H,19,20). The van der Waals surface area contributed by atoms with Crippen LogP contribution in [0.1, 0.15) is 15.9 Å². The number of aromatic carboxylic acids is 1. The predicted octanol–water partition coefficient (Wildman–Crippen LogP) is 3.91. The summed E-state index contributed by atoms with van der Waals surface area (Å²) in [6.07, 6.45) is 1.75. The molecule has 98 valence electrons. The molecular formula is C17H13NO2. The van der Waals surface area contributed by atoms with Crippen LogP contribution >= 0.6 is 0 Å². The Kier molecular flexibility index (Phi) is 2.95. The molecule has 3 heteroatoms. The van der Waals surface area contributed by atoms with Crippen molar-refractivity contribution in [3.05, 3.63) is 65.9 Å². The first-order chi connectivity index (χ1) is 9.65. The highest BCUT2D eigenvalue weighted by atomic mass is 16.4. The number of aryl methyl sites for hydroxylation is 1. The van der Waals surface area contributed by atoms with Crippen molar-refractivity contribution in [2.45, 2.75) is 6.92 Å². The van der Waals surface area contributed by atoms with Gasteiger partial charge in [-0.1, -0.05) is 24.3 Å². The van der Waals surface area contributed by atoms with Crippen LogP contribution in [-0.2, 0) is 0 Å². The topological polar surface area (TPSA) is 50.2 Å². The highest BCUT2D eigenvalue weighted by molar-refractivity contribution is 5.96. The molecule has 0 unspecified atom stereocenters. The minimum atomic E-state index is -0.909. The van der Waals surface area contributed by atoms with E-state index in [-0.39, 0.29) is 0 Å². The second kappa shape index (κ2) is 4.78. The third kappa shape index (κ3) is 2.14. The lowest BCUT2D eigenvalue weighted by Crippen LogP contribution is -1.97. The third-order valence-electron chi connectivity index (χ3n) is 3.28. The fourth-order valence-corrected chi connectivity index (χ4v) is 2.42. The summed E-state index contributed by atoms with van der Waals surface area (Å²) in [5.74, 6) is -0.909. The lowest BCUT2D eigenvalue weighted by molar-refractivity contribution is 0.0697. The predicted molar refractivity (Wildman–Crippen MR) is 78.9 cm³/mol. The van der Waals surface area contributed by atoms with Crippen molar-refractivity contribution in [3.63, 3.8) is 0 Å². The quantitative estimate of drug-likeness (QED) is 0.762. The van der Waals surface area contributed by atoms with Crippen LogP contribution in [-0.4, -0.2) is 16.1 Å². The SMILES string of the molecule is Cc1cc(C(=O)O)cc(-c2cccc3ncccc23)c1. The summed E-state index contributed by atoms with van der Waals surface area (Å²) in [6, 6.07) is 15.1. The molecule has 1 N–H and O–H groups in total. The summed E-state index contributed by atoms with van der Waals surface area (Å²) >= 11 is 0. The van der Waals surface area contributed by atoms with E-state index in [0.717, 1.165) is 27.6 Å². The van der Waals surface area contributed by atoms with Crippen molar-refractivity contribution in [3.8, 4) is 11.1 Å². The van der Waals surface area contributed by atoms with Gasteiger partial charge in [0.05, 0.1) is 11.1 Å². The van der Waals surface area contributed by atoms with E-state index in [1.54, 1.807) is 18.3 Å². The van der Waals surface area contributed by atoms with E-state index in [0.29, 0.717) is 5.56 Å². The molecule has 0 bridgehead atoms.